The number of hydrogen-bond acceptors (Lipinski definition) is 3. The van der Waals surface area contributed by atoms with E-state index in [2.05, 4.69) is 218 Å². The monoisotopic (exact) mass is 900 g/mol. The molecule has 0 atom stereocenters. The fourth-order valence-corrected chi connectivity index (χ4v) is 15.0. The van der Waals surface area contributed by atoms with Gasteiger partial charge in [0.05, 0.1) is 0 Å². The van der Waals surface area contributed by atoms with Gasteiger partial charge in [-0.15, -0.1) is 34.0 Å². The zero-order chi connectivity index (χ0) is 43.7. The molecular weight excluding hydrogens is 865 g/mol. The van der Waals surface area contributed by atoms with Gasteiger partial charge in [-0.3, -0.25) is 0 Å². The zero-order valence-electron chi connectivity index (χ0n) is 36.0. The van der Waals surface area contributed by atoms with Crippen LogP contribution < -0.4 is 0 Å². The third-order valence-electron chi connectivity index (χ3n) is 14.3. The Balaban J connectivity index is 1.00. The van der Waals surface area contributed by atoms with Crippen LogP contribution in [0, 0.1) is 0 Å². The van der Waals surface area contributed by atoms with Crippen molar-refractivity contribution in [3.05, 3.63) is 218 Å². The molecule has 67 heavy (non-hydrogen) atoms. The first-order valence-electron chi connectivity index (χ1n) is 22.9. The second kappa shape index (κ2) is 14.4. The molecule has 3 heterocycles. The maximum atomic E-state index is 2.50. The van der Waals surface area contributed by atoms with Crippen molar-refractivity contribution in [2.24, 2.45) is 0 Å². The van der Waals surface area contributed by atoms with E-state index >= 15 is 0 Å². The smallest absolute Gasteiger partial charge is 0.0361 e. The van der Waals surface area contributed by atoms with Crippen LogP contribution in [0.4, 0.5) is 0 Å². The van der Waals surface area contributed by atoms with Gasteiger partial charge in [0.1, 0.15) is 0 Å². The molecule has 0 saturated heterocycles. The summed E-state index contributed by atoms with van der Waals surface area (Å²) in [7, 11) is 0. The van der Waals surface area contributed by atoms with E-state index < -0.39 is 0 Å². The van der Waals surface area contributed by atoms with Gasteiger partial charge in [-0.1, -0.05) is 176 Å². The fourth-order valence-electron chi connectivity index (χ4n) is 11.6. The van der Waals surface area contributed by atoms with E-state index in [0.717, 1.165) is 0 Å². The molecular formula is C64H36S3. The Morgan fingerprint density at radius 2 is 0.478 bits per heavy atom. The van der Waals surface area contributed by atoms with Gasteiger partial charge in [0.15, 0.2) is 0 Å². The molecule has 0 aliphatic rings. The minimum absolute atomic E-state index is 1.24. The maximum absolute atomic E-state index is 2.50. The number of rotatable bonds is 4. The first kappa shape index (κ1) is 37.5. The van der Waals surface area contributed by atoms with Gasteiger partial charge >= 0.3 is 0 Å². The second-order valence-corrected chi connectivity index (χ2v) is 21.0. The molecule has 0 spiro atoms. The Labute approximate surface area is 397 Å². The Kier molecular flexibility index (Phi) is 8.08. The molecule has 0 radical (unpaired) electrons. The number of fused-ring (bicyclic) bond motifs is 13. The van der Waals surface area contributed by atoms with Crippen LogP contribution in [0.3, 0.4) is 0 Å². The highest BCUT2D eigenvalue weighted by molar-refractivity contribution is 7.26. The summed E-state index contributed by atoms with van der Waals surface area (Å²) in [6.45, 7) is 0. The normalized spacial score (nSPS) is 12.2. The van der Waals surface area contributed by atoms with Gasteiger partial charge < -0.3 is 0 Å². The van der Waals surface area contributed by atoms with Gasteiger partial charge in [0.25, 0.3) is 0 Å². The average molecular weight is 901 g/mol. The number of thiophene rings is 3. The van der Waals surface area contributed by atoms with E-state index in [0.29, 0.717) is 0 Å². The standard InChI is InChI=1S/C64H36S3/c1-3-18-40-38(16-1)58(39-17-2-4-19-41(39)59(40)48-26-13-31-55-62(48)46-24-9-11-29-52(46)65-55)37-34-35-54-51(36-37)64-50(28-15-33-57(64)67-54)61-44-22-7-5-20-42(44)60(43-21-6-8-23-45(43)61)49-27-14-32-56-63(49)47-25-10-12-30-53(47)66-56/h1-36H. The summed E-state index contributed by atoms with van der Waals surface area (Å²) in [4.78, 5) is 0. The summed E-state index contributed by atoms with van der Waals surface area (Å²) in [5.41, 5.74) is 10.3. The van der Waals surface area contributed by atoms with Crippen LogP contribution >= 0.6 is 34.0 Å². The third-order valence-corrected chi connectivity index (χ3v) is 17.7. The van der Waals surface area contributed by atoms with Gasteiger partial charge in [0.2, 0.25) is 0 Å². The largest absolute Gasteiger partial charge is 0.135 e. The highest BCUT2D eigenvalue weighted by Gasteiger charge is 2.24. The number of benzene rings is 12. The molecule has 0 amide bonds. The van der Waals surface area contributed by atoms with Crippen LogP contribution in [0.1, 0.15) is 0 Å². The lowest BCUT2D eigenvalue weighted by molar-refractivity contribution is 1.70. The minimum atomic E-state index is 1.24. The first-order valence-corrected chi connectivity index (χ1v) is 25.4. The quantitative estimate of drug-likeness (QED) is 0.154. The van der Waals surface area contributed by atoms with Crippen LogP contribution in [-0.4, -0.2) is 0 Å². The van der Waals surface area contributed by atoms with E-state index in [1.165, 1.54) is 148 Å². The molecule has 12 aromatic carbocycles. The van der Waals surface area contributed by atoms with Gasteiger partial charge in [-0.25, -0.2) is 0 Å². The van der Waals surface area contributed by atoms with E-state index in [-0.39, 0.29) is 0 Å². The molecule has 15 rings (SSSR count). The molecule has 0 saturated carbocycles. The van der Waals surface area contributed by atoms with Gasteiger partial charge in [-0.05, 0) is 130 Å². The van der Waals surface area contributed by atoms with Crippen LogP contribution in [0.25, 0.3) is 148 Å². The predicted molar refractivity (Wildman–Crippen MR) is 297 cm³/mol. The molecule has 0 aliphatic heterocycles. The van der Waals surface area contributed by atoms with Crippen molar-refractivity contribution < 1.29 is 0 Å². The van der Waals surface area contributed by atoms with Crippen molar-refractivity contribution in [1.29, 1.82) is 0 Å². The molecule has 3 aromatic heterocycles. The topological polar surface area (TPSA) is 0 Å². The lowest BCUT2D eigenvalue weighted by atomic mass is 9.83. The third kappa shape index (κ3) is 5.39. The first-order chi connectivity index (χ1) is 33.3. The van der Waals surface area contributed by atoms with Crippen molar-refractivity contribution >= 4 is 138 Å². The van der Waals surface area contributed by atoms with Crippen LogP contribution in [0.15, 0.2) is 218 Å². The molecule has 0 N–H and O–H groups in total. The number of hydrogen-bond donors (Lipinski definition) is 0. The van der Waals surface area contributed by atoms with Crippen molar-refractivity contribution in [3.63, 3.8) is 0 Å². The van der Waals surface area contributed by atoms with E-state index in [4.69, 9.17) is 0 Å². The minimum Gasteiger partial charge on any atom is -0.135 e. The maximum Gasteiger partial charge on any atom is 0.0361 e. The summed E-state index contributed by atoms with van der Waals surface area (Å²) in [6, 6.07) is 82.1. The van der Waals surface area contributed by atoms with Gasteiger partial charge in [0, 0.05) is 60.5 Å². The van der Waals surface area contributed by atoms with E-state index in [1.54, 1.807) is 0 Å². The summed E-state index contributed by atoms with van der Waals surface area (Å²) in [5.74, 6) is 0. The van der Waals surface area contributed by atoms with Crippen molar-refractivity contribution in [2.75, 3.05) is 0 Å². The van der Waals surface area contributed by atoms with Crippen LogP contribution in [0.2, 0.25) is 0 Å². The summed E-state index contributed by atoms with van der Waals surface area (Å²) < 4.78 is 7.90. The predicted octanol–water partition coefficient (Wildman–Crippen LogP) is 20.1. The van der Waals surface area contributed by atoms with Gasteiger partial charge in [-0.2, -0.15) is 0 Å². The fraction of sp³-hybridized carbons (Fsp3) is 0. The Bertz CT molecular complexity index is 4460. The zero-order valence-corrected chi connectivity index (χ0v) is 38.5. The molecule has 15 aromatic rings. The van der Waals surface area contributed by atoms with Crippen LogP contribution in [0.5, 0.6) is 0 Å². The highest BCUT2D eigenvalue weighted by atomic mass is 32.1. The SMILES string of the molecule is c1ccc2c(c1)sc1cccc(-c3c4ccccc4c(-c4ccc5sc6cccc(-c7c8ccccc8c(-c8cccc9sc%10ccccc%10c89)c8ccccc78)c6c5c4)c4ccccc34)c12. The second-order valence-electron chi connectivity index (χ2n) is 17.7. The Hall–Kier alpha value is -7.66. The van der Waals surface area contributed by atoms with E-state index in [1.807, 2.05) is 34.0 Å². The molecule has 3 heteroatoms. The summed E-state index contributed by atoms with van der Waals surface area (Å²) in [5, 5.41) is 18.2. The molecule has 0 unspecified atom stereocenters. The van der Waals surface area contributed by atoms with Crippen molar-refractivity contribution in [1.82, 2.24) is 0 Å². The lowest BCUT2D eigenvalue weighted by Gasteiger charge is -2.19. The molecule has 0 aliphatic carbocycles. The van der Waals surface area contributed by atoms with Crippen LogP contribution in [-0.2, 0) is 0 Å². The van der Waals surface area contributed by atoms with Crippen molar-refractivity contribution in [3.8, 4) is 44.5 Å². The molecule has 0 fully saturated rings. The van der Waals surface area contributed by atoms with Crippen molar-refractivity contribution in [2.45, 2.75) is 0 Å². The summed E-state index contributed by atoms with van der Waals surface area (Å²) in [6.07, 6.45) is 0. The summed E-state index contributed by atoms with van der Waals surface area (Å²) >= 11 is 5.67. The molecule has 310 valence electrons. The Morgan fingerprint density at radius 3 is 0.851 bits per heavy atom. The molecule has 0 nitrogen and oxygen atoms in total. The lowest BCUT2D eigenvalue weighted by Crippen LogP contribution is -1.92. The highest BCUT2D eigenvalue weighted by Crippen LogP contribution is 2.52. The molecule has 0 bridgehead atoms. The Morgan fingerprint density at radius 1 is 0.194 bits per heavy atom. The average Bonchev–Trinajstić information content (AvgIpc) is 4.09. The van der Waals surface area contributed by atoms with E-state index in [9.17, 15) is 0 Å².